The Morgan fingerprint density at radius 2 is 2.00 bits per heavy atom. The van der Waals surface area contributed by atoms with Crippen molar-refractivity contribution in [2.45, 2.75) is 24.8 Å². The highest BCUT2D eigenvalue weighted by atomic mass is 32.2. The first-order valence-electron chi connectivity index (χ1n) is 5.75. The zero-order chi connectivity index (χ0) is 16.4. The van der Waals surface area contributed by atoms with Crippen molar-refractivity contribution in [2.24, 2.45) is 5.92 Å². The van der Waals surface area contributed by atoms with Gasteiger partial charge in [-0.05, 0) is 12.0 Å². The molecule has 0 aliphatic carbocycles. The lowest BCUT2D eigenvalue weighted by Gasteiger charge is -2.18. The smallest absolute Gasteiger partial charge is 0.322 e. The summed E-state index contributed by atoms with van der Waals surface area (Å²) in [4.78, 5) is 19.7. The monoisotopic (exact) mass is 320 g/mol. The van der Waals surface area contributed by atoms with E-state index in [0.29, 0.717) is 6.07 Å². The number of hydrogen-bond donors (Lipinski definition) is 2. The fourth-order valence-electron chi connectivity index (χ4n) is 1.52. The first-order valence-corrected chi connectivity index (χ1v) is 7.23. The summed E-state index contributed by atoms with van der Waals surface area (Å²) >= 11 is 0. The van der Waals surface area contributed by atoms with E-state index in [0.717, 1.165) is 12.1 Å². The molecule has 1 aromatic rings. The molecule has 1 rings (SSSR count). The molecule has 0 saturated carbocycles. The van der Waals surface area contributed by atoms with Crippen molar-refractivity contribution >= 4 is 21.7 Å². The number of nitrogens with one attached hydrogen (secondary N) is 1. The van der Waals surface area contributed by atoms with Crippen LogP contribution < -0.4 is 4.72 Å². The molecule has 0 amide bonds. The van der Waals surface area contributed by atoms with E-state index in [-0.39, 0.29) is 0 Å². The minimum atomic E-state index is -4.45. The fourth-order valence-corrected chi connectivity index (χ4v) is 2.92. The number of sulfonamides is 1. The van der Waals surface area contributed by atoms with Gasteiger partial charge in [-0.15, -0.1) is 0 Å². The van der Waals surface area contributed by atoms with Gasteiger partial charge in [-0.2, -0.15) is 4.72 Å². The standard InChI is InChI=1S/C11H13FN2O6S/c1-6(2)10(11(15)16)13-21(19,20)9-4-3-7(14(17)18)5-8(9)12/h3-6,10,13H,1-2H3,(H,15,16)/t10-/m0/s1. The number of aliphatic carboxylic acids is 1. The Hall–Kier alpha value is -2.07. The van der Waals surface area contributed by atoms with Gasteiger partial charge < -0.3 is 5.11 Å². The Labute approximate surface area is 119 Å². The summed E-state index contributed by atoms with van der Waals surface area (Å²) < 4.78 is 39.5. The van der Waals surface area contributed by atoms with Crippen LogP contribution in [0.1, 0.15) is 13.8 Å². The van der Waals surface area contributed by atoms with Crippen LogP contribution in [0.15, 0.2) is 23.1 Å². The summed E-state index contributed by atoms with van der Waals surface area (Å²) in [5.74, 6) is -3.31. The van der Waals surface area contributed by atoms with Crippen LogP contribution in [0.2, 0.25) is 0 Å². The highest BCUT2D eigenvalue weighted by Crippen LogP contribution is 2.21. The molecule has 0 saturated heterocycles. The number of nitro benzene ring substituents is 1. The van der Waals surface area contributed by atoms with Gasteiger partial charge in [-0.25, -0.2) is 12.8 Å². The zero-order valence-electron chi connectivity index (χ0n) is 11.1. The van der Waals surface area contributed by atoms with Crippen LogP contribution in [0.4, 0.5) is 10.1 Å². The average molecular weight is 320 g/mol. The maximum absolute atomic E-state index is 13.7. The van der Waals surface area contributed by atoms with Crippen molar-refractivity contribution in [3.8, 4) is 0 Å². The van der Waals surface area contributed by atoms with Gasteiger partial charge in [0, 0.05) is 6.07 Å². The van der Waals surface area contributed by atoms with E-state index in [1.807, 2.05) is 4.72 Å². The largest absolute Gasteiger partial charge is 0.480 e. The van der Waals surface area contributed by atoms with Crippen LogP contribution in [0.3, 0.4) is 0 Å². The van der Waals surface area contributed by atoms with Crippen LogP contribution in [0, 0.1) is 21.8 Å². The van der Waals surface area contributed by atoms with Crippen LogP contribution >= 0.6 is 0 Å². The quantitative estimate of drug-likeness (QED) is 0.597. The normalized spacial score (nSPS) is 13.1. The summed E-state index contributed by atoms with van der Waals surface area (Å²) in [6, 6.07) is 0.557. The van der Waals surface area contributed by atoms with Gasteiger partial charge in [-0.1, -0.05) is 13.8 Å². The van der Waals surface area contributed by atoms with Gasteiger partial charge in [0.25, 0.3) is 5.69 Å². The highest BCUT2D eigenvalue weighted by Gasteiger charge is 2.30. The lowest BCUT2D eigenvalue weighted by molar-refractivity contribution is -0.385. The molecule has 0 bridgehead atoms. The molecule has 21 heavy (non-hydrogen) atoms. The minimum absolute atomic E-state index is 0.458. The molecule has 0 heterocycles. The first kappa shape index (κ1) is 17.0. The molecule has 116 valence electrons. The van der Waals surface area contributed by atoms with Crippen molar-refractivity contribution in [3.05, 3.63) is 34.1 Å². The van der Waals surface area contributed by atoms with E-state index in [2.05, 4.69) is 0 Å². The lowest BCUT2D eigenvalue weighted by Crippen LogP contribution is -2.44. The Morgan fingerprint density at radius 1 is 1.43 bits per heavy atom. The summed E-state index contributed by atoms with van der Waals surface area (Å²) in [5.41, 5.74) is -0.606. The molecule has 0 spiro atoms. The number of rotatable bonds is 6. The van der Waals surface area contributed by atoms with Crippen molar-refractivity contribution in [1.29, 1.82) is 0 Å². The predicted molar refractivity (Wildman–Crippen MR) is 69.6 cm³/mol. The number of nitro groups is 1. The van der Waals surface area contributed by atoms with E-state index in [1.165, 1.54) is 13.8 Å². The van der Waals surface area contributed by atoms with Crippen LogP contribution in [0.25, 0.3) is 0 Å². The Balaban J connectivity index is 3.19. The molecule has 10 heteroatoms. The summed E-state index contributed by atoms with van der Waals surface area (Å²) in [5, 5.41) is 19.4. The Bertz CT molecular complexity index is 673. The van der Waals surface area contributed by atoms with Crippen LogP contribution in [-0.2, 0) is 14.8 Å². The van der Waals surface area contributed by atoms with Gasteiger partial charge in [-0.3, -0.25) is 14.9 Å². The molecule has 1 aromatic carbocycles. The number of benzene rings is 1. The minimum Gasteiger partial charge on any atom is -0.480 e. The lowest BCUT2D eigenvalue weighted by atomic mass is 10.1. The fraction of sp³-hybridized carbons (Fsp3) is 0.364. The SMILES string of the molecule is CC(C)[C@H](NS(=O)(=O)c1ccc([N+](=O)[O-])cc1F)C(=O)O. The first-order chi connectivity index (χ1) is 9.56. The van der Waals surface area contributed by atoms with Crippen molar-refractivity contribution in [1.82, 2.24) is 4.72 Å². The average Bonchev–Trinajstić information content (AvgIpc) is 2.34. The topological polar surface area (TPSA) is 127 Å². The Morgan fingerprint density at radius 3 is 2.38 bits per heavy atom. The summed E-state index contributed by atoms with van der Waals surface area (Å²) in [7, 11) is -4.45. The maximum atomic E-state index is 13.7. The predicted octanol–water partition coefficient (Wildman–Crippen LogP) is 1.12. The molecule has 1 atom stereocenters. The number of non-ortho nitro benzene ring substituents is 1. The van der Waals surface area contributed by atoms with Crippen molar-refractivity contribution < 1.29 is 27.6 Å². The third kappa shape index (κ3) is 3.95. The van der Waals surface area contributed by atoms with Gasteiger partial charge >= 0.3 is 5.97 Å². The third-order valence-corrected chi connectivity index (χ3v) is 4.10. The molecule has 0 unspecified atom stereocenters. The van der Waals surface area contributed by atoms with Crippen LogP contribution in [-0.4, -0.2) is 30.5 Å². The second-order valence-corrected chi connectivity index (χ2v) is 6.24. The molecular weight excluding hydrogens is 307 g/mol. The number of carbonyl (C=O) groups is 1. The molecule has 0 fully saturated rings. The number of carboxylic acids is 1. The van der Waals surface area contributed by atoms with E-state index in [4.69, 9.17) is 5.11 Å². The van der Waals surface area contributed by atoms with Gasteiger partial charge in [0.2, 0.25) is 10.0 Å². The summed E-state index contributed by atoms with van der Waals surface area (Å²) in [6.07, 6.45) is 0. The second kappa shape index (κ2) is 6.14. The number of carboxylic acid groups (broad SMARTS) is 1. The zero-order valence-corrected chi connectivity index (χ0v) is 11.9. The molecule has 0 aliphatic rings. The third-order valence-electron chi connectivity index (χ3n) is 2.63. The highest BCUT2D eigenvalue weighted by molar-refractivity contribution is 7.89. The molecule has 0 aromatic heterocycles. The van der Waals surface area contributed by atoms with Crippen molar-refractivity contribution in [2.75, 3.05) is 0 Å². The number of halogens is 1. The number of hydrogen-bond acceptors (Lipinski definition) is 5. The molecule has 2 N–H and O–H groups in total. The summed E-state index contributed by atoms with van der Waals surface area (Å²) in [6.45, 7) is 2.96. The van der Waals surface area contributed by atoms with E-state index >= 15 is 0 Å². The number of nitrogens with zero attached hydrogens (tertiary/aromatic N) is 1. The van der Waals surface area contributed by atoms with Crippen LogP contribution in [0.5, 0.6) is 0 Å². The van der Waals surface area contributed by atoms with Gasteiger partial charge in [0.05, 0.1) is 11.0 Å². The maximum Gasteiger partial charge on any atom is 0.322 e. The molecular formula is C11H13FN2O6S. The Kier molecular flexibility index (Phi) is 4.97. The molecule has 0 radical (unpaired) electrons. The van der Waals surface area contributed by atoms with E-state index < -0.39 is 49.3 Å². The van der Waals surface area contributed by atoms with Crippen molar-refractivity contribution in [3.63, 3.8) is 0 Å². The van der Waals surface area contributed by atoms with Gasteiger partial charge in [0.15, 0.2) is 0 Å². The van der Waals surface area contributed by atoms with E-state index in [1.54, 1.807) is 0 Å². The second-order valence-electron chi connectivity index (χ2n) is 4.55. The van der Waals surface area contributed by atoms with Gasteiger partial charge in [0.1, 0.15) is 16.8 Å². The van der Waals surface area contributed by atoms with E-state index in [9.17, 15) is 27.7 Å². The molecule has 0 aliphatic heterocycles. The molecule has 8 nitrogen and oxygen atoms in total.